The number of anilines is 1. The highest BCUT2D eigenvalue weighted by Crippen LogP contribution is 2.17. The first-order chi connectivity index (χ1) is 11.8. The first-order valence-electron chi connectivity index (χ1n) is 7.08. The second-order valence-electron chi connectivity index (χ2n) is 5.05. The largest absolute Gasteiger partial charge is 0.452 e. The number of nitrogens with zero attached hydrogens (tertiary/aromatic N) is 1. The number of para-hydroxylation sites is 1. The molecule has 128 valence electrons. The number of ether oxygens (including phenoxy) is 1. The lowest BCUT2D eigenvalue weighted by Crippen LogP contribution is -2.22. The van der Waals surface area contributed by atoms with Crippen molar-refractivity contribution in [1.29, 1.82) is 5.26 Å². The van der Waals surface area contributed by atoms with Crippen LogP contribution in [0.1, 0.15) is 15.9 Å². The maximum Gasteiger partial charge on any atom is 0.339 e. The Hall–Kier alpha value is -3.18. The zero-order chi connectivity index (χ0) is 18.4. The monoisotopic (exact) mass is 358 g/mol. The predicted octanol–water partition coefficient (Wildman–Crippen LogP) is 1.76. The summed E-state index contributed by atoms with van der Waals surface area (Å²) in [4.78, 5) is 23.8. The summed E-state index contributed by atoms with van der Waals surface area (Å²) < 4.78 is 28.3. The van der Waals surface area contributed by atoms with Crippen LogP contribution in [0, 0.1) is 11.3 Å². The number of sulfone groups is 1. The fourth-order valence-corrected chi connectivity index (χ4v) is 2.92. The molecule has 0 heterocycles. The molecule has 0 bridgehead atoms. The van der Waals surface area contributed by atoms with Crippen LogP contribution in [0.15, 0.2) is 53.4 Å². The van der Waals surface area contributed by atoms with E-state index in [-0.39, 0.29) is 16.0 Å². The van der Waals surface area contributed by atoms with Crippen molar-refractivity contribution in [2.45, 2.75) is 4.90 Å². The number of esters is 1. The molecule has 1 amide bonds. The van der Waals surface area contributed by atoms with Gasteiger partial charge in [0, 0.05) is 6.26 Å². The lowest BCUT2D eigenvalue weighted by atomic mass is 10.2. The number of hydrogen-bond acceptors (Lipinski definition) is 6. The third-order valence-electron chi connectivity index (χ3n) is 3.16. The maximum absolute atomic E-state index is 12.1. The van der Waals surface area contributed by atoms with E-state index in [1.807, 2.05) is 6.07 Å². The van der Waals surface area contributed by atoms with Gasteiger partial charge < -0.3 is 10.1 Å². The quantitative estimate of drug-likeness (QED) is 0.815. The Morgan fingerprint density at radius 2 is 1.76 bits per heavy atom. The Bertz CT molecular complexity index is 961. The lowest BCUT2D eigenvalue weighted by molar-refractivity contribution is -0.119. The first kappa shape index (κ1) is 18.2. The number of benzene rings is 2. The van der Waals surface area contributed by atoms with Gasteiger partial charge in [0.05, 0.1) is 21.7 Å². The molecule has 7 nitrogen and oxygen atoms in total. The minimum Gasteiger partial charge on any atom is -0.452 e. The van der Waals surface area contributed by atoms with Gasteiger partial charge in [0.25, 0.3) is 5.91 Å². The van der Waals surface area contributed by atoms with Gasteiger partial charge in [0.1, 0.15) is 6.07 Å². The molecule has 0 aliphatic heterocycles. The molecule has 0 saturated carbocycles. The summed E-state index contributed by atoms with van der Waals surface area (Å²) in [5.74, 6) is -1.57. The van der Waals surface area contributed by atoms with Gasteiger partial charge in [-0.1, -0.05) is 24.3 Å². The molecule has 2 aromatic rings. The van der Waals surface area contributed by atoms with Crippen LogP contribution in [-0.2, 0) is 19.4 Å². The number of nitriles is 1. The zero-order valence-corrected chi connectivity index (χ0v) is 14.0. The second kappa shape index (κ2) is 7.59. The molecular weight excluding hydrogens is 344 g/mol. The standard InChI is InChI=1S/C17H14N2O5S/c1-25(22,23)15-9-5-3-7-13(15)17(21)24-11-16(20)19-14-8-4-2-6-12(14)10-18/h2-9H,11H2,1H3,(H,19,20). The van der Waals surface area contributed by atoms with Gasteiger partial charge in [-0.2, -0.15) is 5.26 Å². The Kier molecular flexibility index (Phi) is 5.52. The molecule has 0 aliphatic carbocycles. The summed E-state index contributed by atoms with van der Waals surface area (Å²) in [6, 6.07) is 13.9. The van der Waals surface area contributed by atoms with Crippen molar-refractivity contribution in [3.05, 3.63) is 59.7 Å². The molecule has 0 unspecified atom stereocenters. The number of amides is 1. The molecular formula is C17H14N2O5S. The molecule has 1 N–H and O–H groups in total. The average molecular weight is 358 g/mol. The van der Waals surface area contributed by atoms with Crippen molar-refractivity contribution >= 4 is 27.4 Å². The minimum atomic E-state index is -3.61. The number of carbonyl (C=O) groups is 2. The van der Waals surface area contributed by atoms with Crippen LogP contribution in [0.5, 0.6) is 0 Å². The van der Waals surface area contributed by atoms with Crippen molar-refractivity contribution in [3.63, 3.8) is 0 Å². The molecule has 0 radical (unpaired) electrons. The Morgan fingerprint density at radius 3 is 2.44 bits per heavy atom. The van der Waals surface area contributed by atoms with E-state index in [2.05, 4.69) is 5.32 Å². The number of carbonyl (C=O) groups excluding carboxylic acids is 2. The maximum atomic E-state index is 12.1. The predicted molar refractivity (Wildman–Crippen MR) is 89.6 cm³/mol. The molecule has 0 fully saturated rings. The highest BCUT2D eigenvalue weighted by molar-refractivity contribution is 7.90. The number of rotatable bonds is 5. The third kappa shape index (κ3) is 4.65. The molecule has 2 aromatic carbocycles. The van der Waals surface area contributed by atoms with Gasteiger partial charge in [-0.15, -0.1) is 0 Å². The fraction of sp³-hybridized carbons (Fsp3) is 0.118. The van der Waals surface area contributed by atoms with Gasteiger partial charge >= 0.3 is 5.97 Å². The van der Waals surface area contributed by atoms with Crippen LogP contribution in [0.25, 0.3) is 0 Å². The van der Waals surface area contributed by atoms with E-state index < -0.39 is 28.3 Å². The fourth-order valence-electron chi connectivity index (χ4n) is 2.04. The molecule has 8 heteroatoms. The van der Waals surface area contributed by atoms with E-state index in [4.69, 9.17) is 10.00 Å². The van der Waals surface area contributed by atoms with Crippen molar-refractivity contribution in [3.8, 4) is 6.07 Å². The van der Waals surface area contributed by atoms with Crippen molar-refractivity contribution in [2.24, 2.45) is 0 Å². The van der Waals surface area contributed by atoms with E-state index in [9.17, 15) is 18.0 Å². The molecule has 0 aliphatic rings. The van der Waals surface area contributed by atoms with Gasteiger partial charge in [0.15, 0.2) is 16.4 Å². The van der Waals surface area contributed by atoms with Crippen LogP contribution in [0.3, 0.4) is 0 Å². The van der Waals surface area contributed by atoms with E-state index in [1.165, 1.54) is 36.4 Å². The summed E-state index contributed by atoms with van der Waals surface area (Å²) in [6.45, 7) is -0.614. The van der Waals surface area contributed by atoms with Gasteiger partial charge in [-0.05, 0) is 24.3 Å². The number of nitrogens with one attached hydrogen (secondary N) is 1. The van der Waals surface area contributed by atoms with Gasteiger partial charge in [0.2, 0.25) is 0 Å². The molecule has 2 rings (SSSR count). The first-order valence-corrected chi connectivity index (χ1v) is 8.97. The molecule has 0 saturated heterocycles. The van der Waals surface area contributed by atoms with Crippen LogP contribution >= 0.6 is 0 Å². The van der Waals surface area contributed by atoms with Crippen molar-refractivity contribution < 1.29 is 22.7 Å². The smallest absolute Gasteiger partial charge is 0.339 e. The SMILES string of the molecule is CS(=O)(=O)c1ccccc1C(=O)OCC(=O)Nc1ccccc1C#N. The summed E-state index contributed by atoms with van der Waals surface area (Å²) in [7, 11) is -3.61. The Balaban J connectivity index is 2.06. The normalized spacial score (nSPS) is 10.6. The van der Waals surface area contributed by atoms with Crippen molar-refractivity contribution in [1.82, 2.24) is 0 Å². The van der Waals surface area contributed by atoms with Gasteiger partial charge in [-0.25, -0.2) is 13.2 Å². The summed E-state index contributed by atoms with van der Waals surface area (Å²) in [5, 5.41) is 11.4. The van der Waals surface area contributed by atoms with E-state index in [0.717, 1.165) is 6.26 Å². The van der Waals surface area contributed by atoms with Crippen LogP contribution in [0.2, 0.25) is 0 Å². The molecule has 0 aromatic heterocycles. The number of hydrogen-bond donors (Lipinski definition) is 1. The Labute approximate surface area is 144 Å². The Morgan fingerprint density at radius 1 is 1.12 bits per heavy atom. The minimum absolute atomic E-state index is 0.143. The van der Waals surface area contributed by atoms with Crippen LogP contribution in [0.4, 0.5) is 5.69 Å². The molecule has 0 spiro atoms. The van der Waals surface area contributed by atoms with Crippen LogP contribution < -0.4 is 5.32 Å². The molecule has 25 heavy (non-hydrogen) atoms. The second-order valence-corrected chi connectivity index (χ2v) is 7.03. The van der Waals surface area contributed by atoms with E-state index in [1.54, 1.807) is 12.1 Å². The van der Waals surface area contributed by atoms with Crippen molar-refractivity contribution in [2.75, 3.05) is 18.2 Å². The summed E-state index contributed by atoms with van der Waals surface area (Å²) >= 11 is 0. The highest BCUT2D eigenvalue weighted by atomic mass is 32.2. The molecule has 0 atom stereocenters. The van der Waals surface area contributed by atoms with E-state index in [0.29, 0.717) is 5.69 Å². The summed E-state index contributed by atoms with van der Waals surface area (Å²) in [5.41, 5.74) is 0.419. The van der Waals surface area contributed by atoms with Gasteiger partial charge in [-0.3, -0.25) is 4.79 Å². The zero-order valence-electron chi connectivity index (χ0n) is 13.2. The highest BCUT2D eigenvalue weighted by Gasteiger charge is 2.20. The summed E-state index contributed by atoms with van der Waals surface area (Å²) in [6.07, 6.45) is 0.977. The lowest BCUT2D eigenvalue weighted by Gasteiger charge is -2.09. The van der Waals surface area contributed by atoms with E-state index >= 15 is 0 Å². The average Bonchev–Trinajstić information content (AvgIpc) is 2.59. The third-order valence-corrected chi connectivity index (χ3v) is 4.32. The van der Waals surface area contributed by atoms with Crippen LogP contribution in [-0.4, -0.2) is 33.2 Å². The topological polar surface area (TPSA) is 113 Å².